The molecule has 2 aromatic rings. The van der Waals surface area contributed by atoms with Crippen molar-refractivity contribution in [2.45, 2.75) is 38.1 Å². The Balaban J connectivity index is 1.39. The summed E-state index contributed by atoms with van der Waals surface area (Å²) in [7, 11) is 0. The maximum atomic E-state index is 12.5. The number of piperidine rings is 1. The Labute approximate surface area is 165 Å². The molecule has 0 aromatic heterocycles. The van der Waals surface area contributed by atoms with Crippen LogP contribution < -0.4 is 14.8 Å². The van der Waals surface area contributed by atoms with Crippen LogP contribution in [0.1, 0.15) is 31.2 Å². The number of Topliss-reactive ketones (excluding diaryl/α,β-unsaturated/α-hetero) is 1. The van der Waals surface area contributed by atoms with Crippen molar-refractivity contribution in [2.75, 3.05) is 13.3 Å². The molecule has 2 aliphatic rings. The van der Waals surface area contributed by atoms with Gasteiger partial charge in [0.25, 0.3) is 0 Å². The largest absolute Gasteiger partial charge is 0.454 e. The second-order valence-corrected chi connectivity index (χ2v) is 7.47. The van der Waals surface area contributed by atoms with Crippen molar-refractivity contribution in [1.29, 1.82) is 5.26 Å². The molecule has 2 heterocycles. The Bertz CT molecular complexity index is 880. The Morgan fingerprint density at radius 3 is 2.64 bits per heavy atom. The standard InChI is InChI=1S/C23H24N2O3/c24-14-17(12-21(26)20-3-1-2-10-25-20)11-16-4-6-18(7-5-16)19-8-9-22-23(13-19)28-15-27-22/h4-9,13,17,20,25H,1-3,10-12,15H2/t17-,20+/m1/s1. The Morgan fingerprint density at radius 1 is 1.11 bits per heavy atom. The lowest BCUT2D eigenvalue weighted by Gasteiger charge is -2.23. The molecule has 1 N–H and O–H groups in total. The Hall–Kier alpha value is -2.84. The lowest BCUT2D eigenvalue weighted by Crippen LogP contribution is -2.41. The molecule has 0 radical (unpaired) electrons. The van der Waals surface area contributed by atoms with Crippen LogP contribution in [-0.4, -0.2) is 25.2 Å². The summed E-state index contributed by atoms with van der Waals surface area (Å²) in [6, 6.07) is 16.3. The zero-order valence-electron chi connectivity index (χ0n) is 15.8. The quantitative estimate of drug-likeness (QED) is 0.829. The fraction of sp³-hybridized carbons (Fsp3) is 0.391. The van der Waals surface area contributed by atoms with Gasteiger partial charge >= 0.3 is 0 Å². The van der Waals surface area contributed by atoms with E-state index in [4.69, 9.17) is 9.47 Å². The molecule has 0 amide bonds. The third-order valence-electron chi connectivity index (χ3n) is 5.47. The first-order valence-corrected chi connectivity index (χ1v) is 9.87. The molecule has 1 saturated heterocycles. The van der Waals surface area contributed by atoms with Gasteiger partial charge in [0.15, 0.2) is 17.3 Å². The first-order valence-electron chi connectivity index (χ1n) is 9.87. The molecule has 0 spiro atoms. The van der Waals surface area contributed by atoms with Gasteiger partial charge in [-0.25, -0.2) is 0 Å². The van der Waals surface area contributed by atoms with Crippen molar-refractivity contribution in [2.24, 2.45) is 5.92 Å². The molecule has 28 heavy (non-hydrogen) atoms. The zero-order chi connectivity index (χ0) is 19.3. The molecule has 0 unspecified atom stereocenters. The molecule has 144 valence electrons. The number of nitrogens with zero attached hydrogens (tertiary/aromatic N) is 1. The minimum atomic E-state index is -0.285. The van der Waals surface area contributed by atoms with Crippen molar-refractivity contribution < 1.29 is 14.3 Å². The van der Waals surface area contributed by atoms with Crippen molar-refractivity contribution in [3.63, 3.8) is 0 Å². The van der Waals surface area contributed by atoms with Crippen molar-refractivity contribution in [3.05, 3.63) is 48.0 Å². The molecule has 0 saturated carbocycles. The van der Waals surface area contributed by atoms with Crippen LogP contribution >= 0.6 is 0 Å². The normalized spacial score (nSPS) is 19.0. The van der Waals surface area contributed by atoms with Gasteiger partial charge in [0.1, 0.15) is 0 Å². The second-order valence-electron chi connectivity index (χ2n) is 7.47. The summed E-state index contributed by atoms with van der Waals surface area (Å²) in [5.74, 6) is 1.42. The fourth-order valence-corrected chi connectivity index (χ4v) is 3.87. The van der Waals surface area contributed by atoms with Gasteiger partial charge < -0.3 is 14.8 Å². The molecule has 2 aliphatic heterocycles. The summed E-state index contributed by atoms with van der Waals surface area (Å²) in [6.45, 7) is 1.16. The number of rotatable bonds is 6. The summed E-state index contributed by atoms with van der Waals surface area (Å²) < 4.78 is 10.8. The van der Waals surface area contributed by atoms with E-state index in [9.17, 15) is 10.1 Å². The number of nitriles is 1. The molecule has 5 nitrogen and oxygen atoms in total. The van der Waals surface area contributed by atoms with E-state index in [1.807, 2.05) is 42.5 Å². The minimum Gasteiger partial charge on any atom is -0.454 e. The number of carbonyl (C=O) groups excluding carboxylic acids is 1. The van der Waals surface area contributed by atoms with Crippen molar-refractivity contribution in [3.8, 4) is 28.7 Å². The SMILES string of the molecule is N#C[C@@H](CC(=O)[C@@H]1CCCCN1)Cc1ccc(-c2ccc3c(c2)OCO3)cc1. The lowest BCUT2D eigenvalue weighted by molar-refractivity contribution is -0.122. The molecule has 2 aromatic carbocycles. The molecule has 4 rings (SSSR count). The fourth-order valence-electron chi connectivity index (χ4n) is 3.87. The summed E-state index contributed by atoms with van der Waals surface area (Å²) >= 11 is 0. The number of benzene rings is 2. The highest BCUT2D eigenvalue weighted by molar-refractivity contribution is 5.84. The molecular weight excluding hydrogens is 352 g/mol. The van der Waals surface area contributed by atoms with Gasteiger partial charge in [0.2, 0.25) is 6.79 Å². The molecule has 2 atom stereocenters. The highest BCUT2D eigenvalue weighted by atomic mass is 16.7. The Morgan fingerprint density at radius 2 is 1.89 bits per heavy atom. The van der Waals surface area contributed by atoms with Gasteiger partial charge in [-0.1, -0.05) is 36.8 Å². The number of carbonyl (C=O) groups is 1. The summed E-state index contributed by atoms with van der Waals surface area (Å²) in [6.07, 6.45) is 4.01. The monoisotopic (exact) mass is 376 g/mol. The van der Waals surface area contributed by atoms with Gasteiger partial charge in [0.05, 0.1) is 18.0 Å². The van der Waals surface area contributed by atoms with Gasteiger partial charge in [0, 0.05) is 6.42 Å². The van der Waals surface area contributed by atoms with E-state index in [0.29, 0.717) is 12.8 Å². The highest BCUT2D eigenvalue weighted by Gasteiger charge is 2.23. The number of ketones is 1. The first-order chi connectivity index (χ1) is 13.7. The zero-order valence-corrected chi connectivity index (χ0v) is 15.8. The van der Waals surface area contributed by atoms with Crippen LogP contribution in [0.3, 0.4) is 0 Å². The number of nitrogens with one attached hydrogen (secondary N) is 1. The van der Waals surface area contributed by atoms with Crippen LogP contribution in [0, 0.1) is 17.2 Å². The van der Waals surface area contributed by atoms with E-state index >= 15 is 0 Å². The summed E-state index contributed by atoms with van der Waals surface area (Å²) in [4.78, 5) is 12.5. The predicted molar refractivity (Wildman–Crippen MR) is 106 cm³/mol. The van der Waals surface area contributed by atoms with Crippen LogP contribution in [0.25, 0.3) is 11.1 Å². The third-order valence-corrected chi connectivity index (χ3v) is 5.47. The highest BCUT2D eigenvalue weighted by Crippen LogP contribution is 2.36. The average molecular weight is 376 g/mol. The van der Waals surface area contributed by atoms with Crippen LogP contribution in [0.2, 0.25) is 0 Å². The van der Waals surface area contributed by atoms with Crippen LogP contribution in [0.4, 0.5) is 0 Å². The van der Waals surface area contributed by atoms with Crippen LogP contribution in [0.15, 0.2) is 42.5 Å². The summed E-state index contributed by atoms with van der Waals surface area (Å²) in [5.41, 5.74) is 3.21. The smallest absolute Gasteiger partial charge is 0.231 e. The minimum absolute atomic E-state index is 0.0713. The van der Waals surface area contributed by atoms with Crippen molar-refractivity contribution >= 4 is 5.78 Å². The van der Waals surface area contributed by atoms with Gasteiger partial charge in [-0.05, 0) is 54.6 Å². The number of fused-ring (bicyclic) bond motifs is 1. The van der Waals surface area contributed by atoms with Gasteiger partial charge in [-0.3, -0.25) is 4.79 Å². The molecular formula is C23H24N2O3. The molecule has 0 aliphatic carbocycles. The number of hydrogen-bond donors (Lipinski definition) is 1. The van der Waals surface area contributed by atoms with E-state index in [2.05, 4.69) is 11.4 Å². The van der Waals surface area contributed by atoms with Gasteiger partial charge in [-0.2, -0.15) is 5.26 Å². The van der Waals surface area contributed by atoms with E-state index in [0.717, 1.165) is 54.0 Å². The van der Waals surface area contributed by atoms with E-state index < -0.39 is 0 Å². The number of hydrogen-bond acceptors (Lipinski definition) is 5. The maximum absolute atomic E-state index is 12.5. The second kappa shape index (κ2) is 8.45. The molecule has 5 heteroatoms. The predicted octanol–water partition coefficient (Wildman–Crippen LogP) is 3.87. The van der Waals surface area contributed by atoms with E-state index in [1.165, 1.54) is 0 Å². The summed E-state index contributed by atoms with van der Waals surface area (Å²) in [5, 5.41) is 12.8. The van der Waals surface area contributed by atoms with Crippen LogP contribution in [-0.2, 0) is 11.2 Å². The Kier molecular flexibility index (Phi) is 5.59. The third kappa shape index (κ3) is 4.18. The van der Waals surface area contributed by atoms with Gasteiger partial charge in [-0.15, -0.1) is 0 Å². The molecule has 1 fully saturated rings. The first kappa shape index (κ1) is 18.5. The average Bonchev–Trinajstić information content (AvgIpc) is 3.22. The maximum Gasteiger partial charge on any atom is 0.231 e. The number of ether oxygens (including phenoxy) is 2. The van der Waals surface area contributed by atoms with Crippen molar-refractivity contribution in [1.82, 2.24) is 5.32 Å². The lowest BCUT2D eigenvalue weighted by atomic mass is 9.90. The van der Waals surface area contributed by atoms with E-state index in [1.54, 1.807) is 0 Å². The molecule has 0 bridgehead atoms. The van der Waals surface area contributed by atoms with E-state index in [-0.39, 0.29) is 24.5 Å². The van der Waals surface area contributed by atoms with Crippen LogP contribution in [0.5, 0.6) is 11.5 Å². The topological polar surface area (TPSA) is 71.4 Å².